The van der Waals surface area contributed by atoms with Gasteiger partial charge in [-0.15, -0.1) is 0 Å². The second-order valence-electron chi connectivity index (χ2n) is 6.67. The van der Waals surface area contributed by atoms with E-state index in [1.807, 2.05) is 30.3 Å². The Balaban J connectivity index is 1.98. The van der Waals surface area contributed by atoms with Gasteiger partial charge in [0.1, 0.15) is 5.71 Å². The van der Waals surface area contributed by atoms with Crippen molar-refractivity contribution in [2.24, 2.45) is 9.98 Å². The lowest BCUT2D eigenvalue weighted by Gasteiger charge is -2.19. The maximum atomic E-state index is 14.7. The zero-order valence-corrected chi connectivity index (χ0v) is 14.9. The fraction of sp³-hybridized carbons (Fsp3) is 0.381. The predicted molar refractivity (Wildman–Crippen MR) is 104 cm³/mol. The quantitative estimate of drug-likeness (QED) is 0.792. The lowest BCUT2D eigenvalue weighted by molar-refractivity contribution is -0.115. The van der Waals surface area contributed by atoms with Crippen molar-refractivity contribution in [2.45, 2.75) is 44.6 Å². The Labute approximate surface area is 153 Å². The molecule has 136 valence electrons. The van der Waals surface area contributed by atoms with Gasteiger partial charge in [-0.25, -0.2) is 4.39 Å². The Hall–Kier alpha value is -2.56. The van der Waals surface area contributed by atoms with Crippen molar-refractivity contribution in [1.29, 1.82) is 0 Å². The van der Waals surface area contributed by atoms with E-state index in [-0.39, 0.29) is 11.9 Å². The van der Waals surface area contributed by atoms with Crippen LogP contribution in [0.1, 0.15) is 49.7 Å². The molecular weight excluding hydrogens is 329 g/mol. The van der Waals surface area contributed by atoms with Crippen LogP contribution in [0.25, 0.3) is 5.57 Å². The molecule has 1 aromatic rings. The van der Waals surface area contributed by atoms with Crippen LogP contribution in [0.15, 0.2) is 52.4 Å². The Bertz CT molecular complexity index is 773. The normalized spacial score (nSPS) is 19.7. The van der Waals surface area contributed by atoms with Crippen LogP contribution in [-0.2, 0) is 4.79 Å². The molecule has 4 nitrogen and oxygen atoms in total. The van der Waals surface area contributed by atoms with Gasteiger partial charge < -0.3 is 5.32 Å². The molecule has 1 N–H and O–H groups in total. The van der Waals surface area contributed by atoms with E-state index in [0.717, 1.165) is 43.9 Å². The third kappa shape index (κ3) is 4.34. The molecule has 0 saturated heterocycles. The highest BCUT2D eigenvalue weighted by molar-refractivity contribution is 6.20. The number of carbonyl (C=O) groups is 1. The van der Waals surface area contributed by atoms with Crippen molar-refractivity contribution in [2.75, 3.05) is 6.54 Å². The molecule has 1 amide bonds. The molecule has 0 unspecified atom stereocenters. The molecule has 1 saturated carbocycles. The Kier molecular flexibility index (Phi) is 6.10. The molecule has 1 aliphatic carbocycles. The van der Waals surface area contributed by atoms with Crippen LogP contribution >= 0.6 is 0 Å². The van der Waals surface area contributed by atoms with Crippen LogP contribution in [0.2, 0.25) is 0 Å². The first-order chi connectivity index (χ1) is 12.7. The zero-order chi connectivity index (χ0) is 18.4. The summed E-state index contributed by atoms with van der Waals surface area (Å²) in [6, 6.07) is 7.48. The minimum atomic E-state index is -0.496. The van der Waals surface area contributed by atoms with Gasteiger partial charge >= 0.3 is 0 Å². The van der Waals surface area contributed by atoms with Crippen molar-refractivity contribution < 1.29 is 9.18 Å². The van der Waals surface area contributed by atoms with E-state index in [1.165, 1.54) is 6.42 Å². The van der Waals surface area contributed by atoms with E-state index in [9.17, 15) is 9.18 Å². The van der Waals surface area contributed by atoms with Gasteiger partial charge in [0.25, 0.3) is 5.91 Å². The van der Waals surface area contributed by atoms with E-state index in [1.54, 1.807) is 0 Å². The second-order valence-corrected chi connectivity index (χ2v) is 6.67. The largest absolute Gasteiger partial charge is 0.352 e. The lowest BCUT2D eigenvalue weighted by Crippen LogP contribution is -2.28. The van der Waals surface area contributed by atoms with Crippen LogP contribution in [0.4, 0.5) is 4.39 Å². The highest BCUT2D eigenvalue weighted by Crippen LogP contribution is 2.25. The number of nitrogens with one attached hydrogen (secondary N) is 1. The third-order valence-electron chi connectivity index (χ3n) is 4.79. The lowest BCUT2D eigenvalue weighted by atomic mass is 9.94. The van der Waals surface area contributed by atoms with E-state index >= 15 is 0 Å². The molecule has 1 fully saturated rings. The first-order valence-corrected chi connectivity index (χ1v) is 9.18. The van der Waals surface area contributed by atoms with E-state index in [2.05, 4.69) is 17.0 Å². The number of halogens is 1. The first-order valence-electron chi connectivity index (χ1n) is 9.18. The Morgan fingerprint density at radius 1 is 1.27 bits per heavy atom. The minimum Gasteiger partial charge on any atom is -0.352 e. The SMILES string of the molecule is C=N/C=C(/F)C(=NC1CCCCC1)c1cccc(C2=CCCNC2=O)c1. The van der Waals surface area contributed by atoms with Crippen LogP contribution in [0, 0.1) is 0 Å². The number of hydrogen-bond donors (Lipinski definition) is 1. The standard InChI is InChI=1S/C21H24FN3O/c1-23-14-19(22)20(25-17-9-3-2-4-10-17)16-8-5-7-15(13-16)18-11-6-12-24-21(18)26/h5,7-8,11,13-14,17H,1-4,6,9-10,12H2,(H,24,26)/b19-14+,25-20?. The summed E-state index contributed by atoms with van der Waals surface area (Å²) in [6.07, 6.45) is 9.24. The van der Waals surface area contributed by atoms with Crippen molar-refractivity contribution in [3.63, 3.8) is 0 Å². The fourth-order valence-corrected chi connectivity index (χ4v) is 3.48. The van der Waals surface area contributed by atoms with Gasteiger partial charge in [0.2, 0.25) is 0 Å². The number of benzene rings is 1. The summed E-state index contributed by atoms with van der Waals surface area (Å²) in [5, 5.41) is 2.84. The second kappa shape index (κ2) is 8.70. The minimum absolute atomic E-state index is 0.0945. The van der Waals surface area contributed by atoms with Gasteiger partial charge in [0, 0.05) is 17.7 Å². The van der Waals surface area contributed by atoms with Crippen LogP contribution in [0.3, 0.4) is 0 Å². The van der Waals surface area contributed by atoms with Gasteiger partial charge in [-0.2, -0.15) is 0 Å². The van der Waals surface area contributed by atoms with E-state index < -0.39 is 5.83 Å². The van der Waals surface area contributed by atoms with Crippen molar-refractivity contribution >= 4 is 23.9 Å². The molecule has 1 heterocycles. The maximum Gasteiger partial charge on any atom is 0.251 e. The molecule has 5 heteroatoms. The molecule has 1 aromatic carbocycles. The van der Waals surface area contributed by atoms with E-state index in [0.29, 0.717) is 23.4 Å². The Morgan fingerprint density at radius 2 is 2.08 bits per heavy atom. The van der Waals surface area contributed by atoms with Crippen LogP contribution in [0.5, 0.6) is 0 Å². The summed E-state index contributed by atoms with van der Waals surface area (Å²) in [6.45, 7) is 3.99. The average molecular weight is 353 g/mol. The van der Waals surface area contributed by atoms with Gasteiger partial charge in [-0.1, -0.05) is 43.5 Å². The number of allylic oxidation sites excluding steroid dienone is 1. The molecular formula is C21H24FN3O. The smallest absolute Gasteiger partial charge is 0.251 e. The highest BCUT2D eigenvalue weighted by atomic mass is 19.1. The molecule has 0 spiro atoms. The maximum absolute atomic E-state index is 14.7. The van der Waals surface area contributed by atoms with Crippen molar-refractivity contribution in [3.05, 3.63) is 53.5 Å². The fourth-order valence-electron chi connectivity index (χ4n) is 3.48. The van der Waals surface area contributed by atoms with Gasteiger partial charge in [-0.3, -0.25) is 14.8 Å². The number of rotatable bonds is 5. The van der Waals surface area contributed by atoms with Gasteiger partial charge in [0.15, 0.2) is 5.83 Å². The predicted octanol–water partition coefficient (Wildman–Crippen LogP) is 4.22. The van der Waals surface area contributed by atoms with Crippen LogP contribution in [-0.4, -0.2) is 30.9 Å². The number of amides is 1. The van der Waals surface area contributed by atoms with Crippen molar-refractivity contribution in [3.8, 4) is 0 Å². The topological polar surface area (TPSA) is 53.8 Å². The zero-order valence-electron chi connectivity index (χ0n) is 14.9. The van der Waals surface area contributed by atoms with Crippen molar-refractivity contribution in [1.82, 2.24) is 5.32 Å². The number of aliphatic imine (C=N–C) groups is 2. The van der Waals surface area contributed by atoms with Gasteiger partial charge in [-0.05, 0) is 37.6 Å². The number of carbonyl (C=O) groups excluding carboxylic acids is 1. The Morgan fingerprint density at radius 3 is 2.81 bits per heavy atom. The summed E-state index contributed by atoms with van der Waals surface area (Å²) in [7, 11) is 0. The molecule has 0 aromatic heterocycles. The monoisotopic (exact) mass is 353 g/mol. The molecule has 3 rings (SSSR count). The summed E-state index contributed by atoms with van der Waals surface area (Å²) in [5.74, 6) is -0.590. The molecule has 0 atom stereocenters. The molecule has 0 bridgehead atoms. The summed E-state index contributed by atoms with van der Waals surface area (Å²) in [5.41, 5.74) is 2.35. The summed E-state index contributed by atoms with van der Waals surface area (Å²) in [4.78, 5) is 20.4. The third-order valence-corrected chi connectivity index (χ3v) is 4.79. The highest BCUT2D eigenvalue weighted by Gasteiger charge is 2.19. The molecule has 1 aliphatic heterocycles. The molecule has 0 radical (unpaired) electrons. The average Bonchev–Trinajstić information content (AvgIpc) is 2.67. The summed E-state index contributed by atoms with van der Waals surface area (Å²) >= 11 is 0. The number of nitrogens with zero attached hydrogens (tertiary/aromatic N) is 2. The molecule has 26 heavy (non-hydrogen) atoms. The summed E-state index contributed by atoms with van der Waals surface area (Å²) < 4.78 is 14.7. The van der Waals surface area contributed by atoms with Crippen LogP contribution < -0.4 is 5.32 Å². The first kappa shape index (κ1) is 18.2. The van der Waals surface area contributed by atoms with E-state index in [4.69, 9.17) is 4.99 Å². The molecule has 2 aliphatic rings. The number of hydrogen-bond acceptors (Lipinski definition) is 3. The van der Waals surface area contributed by atoms with Gasteiger partial charge in [0.05, 0.1) is 12.2 Å².